The Bertz CT molecular complexity index is 275. The van der Waals surface area contributed by atoms with Crippen molar-refractivity contribution in [1.29, 1.82) is 0 Å². The van der Waals surface area contributed by atoms with Crippen LogP contribution in [0.25, 0.3) is 0 Å². The van der Waals surface area contributed by atoms with Gasteiger partial charge in [0.25, 0.3) is 0 Å². The third-order valence-electron chi connectivity index (χ3n) is 2.10. The van der Waals surface area contributed by atoms with Gasteiger partial charge in [0.1, 0.15) is 5.82 Å². The zero-order valence-corrected chi connectivity index (χ0v) is 8.12. The average Bonchev–Trinajstić information content (AvgIpc) is 2.87. The minimum absolute atomic E-state index is 0.418. The van der Waals surface area contributed by atoms with Crippen molar-refractivity contribution in [1.82, 2.24) is 9.97 Å². The van der Waals surface area contributed by atoms with E-state index in [0.29, 0.717) is 12.0 Å². The second kappa shape index (κ2) is 3.32. The second-order valence-electron chi connectivity index (χ2n) is 3.90. The Kier molecular flexibility index (Phi) is 2.17. The number of hydrogen-bond donors (Lipinski definition) is 1. The number of nitrogens with zero attached hydrogens (tertiary/aromatic N) is 2. The summed E-state index contributed by atoms with van der Waals surface area (Å²) in [6.45, 7) is 4.19. The molecule has 1 fully saturated rings. The lowest BCUT2D eigenvalue weighted by Gasteiger charge is -2.08. The van der Waals surface area contributed by atoms with E-state index >= 15 is 0 Å². The fraction of sp³-hybridized carbons (Fsp3) is 0.600. The third-order valence-corrected chi connectivity index (χ3v) is 2.10. The van der Waals surface area contributed by atoms with Crippen LogP contribution in [-0.2, 0) is 0 Å². The maximum atomic E-state index is 4.37. The summed E-state index contributed by atoms with van der Waals surface area (Å²) in [6.07, 6.45) is 6.29. The van der Waals surface area contributed by atoms with Crippen LogP contribution in [0.1, 0.15) is 38.3 Å². The zero-order valence-electron chi connectivity index (χ0n) is 8.12. The van der Waals surface area contributed by atoms with E-state index in [2.05, 4.69) is 29.1 Å². The molecule has 0 unspecified atom stereocenters. The first-order valence-electron chi connectivity index (χ1n) is 4.84. The summed E-state index contributed by atoms with van der Waals surface area (Å²) >= 11 is 0. The fourth-order valence-corrected chi connectivity index (χ4v) is 1.30. The molecular weight excluding hydrogens is 162 g/mol. The maximum absolute atomic E-state index is 4.37. The molecule has 1 N–H and O–H groups in total. The molecule has 0 radical (unpaired) electrons. The molecule has 1 aliphatic carbocycles. The highest BCUT2D eigenvalue weighted by atomic mass is 15.0. The quantitative estimate of drug-likeness (QED) is 0.769. The Morgan fingerprint density at radius 2 is 2.08 bits per heavy atom. The van der Waals surface area contributed by atoms with E-state index in [1.807, 2.05) is 12.4 Å². The van der Waals surface area contributed by atoms with Gasteiger partial charge in [-0.25, -0.2) is 4.98 Å². The van der Waals surface area contributed by atoms with Gasteiger partial charge in [-0.3, -0.25) is 4.98 Å². The molecule has 70 valence electrons. The molecule has 0 atom stereocenters. The first kappa shape index (κ1) is 8.48. The molecule has 0 aliphatic heterocycles. The second-order valence-corrected chi connectivity index (χ2v) is 3.90. The van der Waals surface area contributed by atoms with E-state index in [1.165, 1.54) is 12.8 Å². The molecule has 3 heteroatoms. The Hall–Kier alpha value is -1.12. The number of nitrogens with one attached hydrogen (secondary N) is 1. The highest BCUT2D eigenvalue weighted by Gasteiger charge is 2.24. The van der Waals surface area contributed by atoms with Gasteiger partial charge in [-0.15, -0.1) is 0 Å². The van der Waals surface area contributed by atoms with Crippen molar-refractivity contribution < 1.29 is 0 Å². The molecule has 0 aromatic carbocycles. The van der Waals surface area contributed by atoms with E-state index in [9.17, 15) is 0 Å². The topological polar surface area (TPSA) is 37.8 Å². The molecule has 0 spiro atoms. The Balaban J connectivity index is 2.04. The van der Waals surface area contributed by atoms with Crippen molar-refractivity contribution in [3.63, 3.8) is 0 Å². The van der Waals surface area contributed by atoms with Crippen LogP contribution in [0.3, 0.4) is 0 Å². The van der Waals surface area contributed by atoms with Crippen LogP contribution in [-0.4, -0.2) is 16.0 Å². The first-order valence-corrected chi connectivity index (χ1v) is 4.84. The predicted molar refractivity (Wildman–Crippen MR) is 52.8 cm³/mol. The fourth-order valence-electron chi connectivity index (χ4n) is 1.30. The van der Waals surface area contributed by atoms with Crippen LogP contribution in [0.4, 0.5) is 5.82 Å². The van der Waals surface area contributed by atoms with Gasteiger partial charge in [-0.1, -0.05) is 0 Å². The number of hydrogen-bond acceptors (Lipinski definition) is 3. The minimum Gasteiger partial charge on any atom is -0.367 e. The molecule has 1 aromatic heterocycles. The van der Waals surface area contributed by atoms with Crippen molar-refractivity contribution >= 4 is 5.82 Å². The summed E-state index contributed by atoms with van der Waals surface area (Å²) in [4.78, 5) is 8.68. The van der Waals surface area contributed by atoms with Gasteiger partial charge in [0.15, 0.2) is 0 Å². The molecular formula is C10H15N3. The van der Waals surface area contributed by atoms with Crippen LogP contribution in [0.15, 0.2) is 12.4 Å². The van der Waals surface area contributed by atoms with Crippen molar-refractivity contribution in [2.45, 2.75) is 38.6 Å². The molecule has 13 heavy (non-hydrogen) atoms. The summed E-state index contributed by atoms with van der Waals surface area (Å²) in [7, 11) is 0. The lowest BCUT2D eigenvalue weighted by atomic mass is 10.3. The van der Waals surface area contributed by atoms with Crippen LogP contribution in [0.2, 0.25) is 0 Å². The SMILES string of the molecule is CC(C)Nc1cnc(C2CC2)cn1. The van der Waals surface area contributed by atoms with Gasteiger partial charge in [-0.2, -0.15) is 0 Å². The molecule has 1 saturated carbocycles. The monoisotopic (exact) mass is 177 g/mol. The maximum Gasteiger partial charge on any atom is 0.144 e. The van der Waals surface area contributed by atoms with Gasteiger partial charge in [0, 0.05) is 12.0 Å². The van der Waals surface area contributed by atoms with Crippen molar-refractivity contribution in [2.75, 3.05) is 5.32 Å². The Labute approximate surface area is 78.6 Å². The van der Waals surface area contributed by atoms with Crippen molar-refractivity contribution in [3.8, 4) is 0 Å². The molecule has 1 aliphatic rings. The van der Waals surface area contributed by atoms with Crippen LogP contribution >= 0.6 is 0 Å². The van der Waals surface area contributed by atoms with Crippen LogP contribution in [0.5, 0.6) is 0 Å². The van der Waals surface area contributed by atoms with E-state index < -0.39 is 0 Å². The van der Waals surface area contributed by atoms with Crippen LogP contribution < -0.4 is 5.32 Å². The predicted octanol–water partition coefficient (Wildman–Crippen LogP) is 2.17. The first-order chi connectivity index (χ1) is 6.25. The van der Waals surface area contributed by atoms with Gasteiger partial charge >= 0.3 is 0 Å². The molecule has 1 aromatic rings. The van der Waals surface area contributed by atoms with Gasteiger partial charge in [-0.05, 0) is 26.7 Å². The summed E-state index contributed by atoms with van der Waals surface area (Å²) in [5.74, 6) is 1.57. The van der Waals surface area contributed by atoms with E-state index in [1.54, 1.807) is 0 Å². The lowest BCUT2D eigenvalue weighted by Crippen LogP contribution is -2.11. The van der Waals surface area contributed by atoms with E-state index in [-0.39, 0.29) is 0 Å². The molecule has 0 bridgehead atoms. The molecule has 0 saturated heterocycles. The summed E-state index contributed by atoms with van der Waals surface area (Å²) < 4.78 is 0. The van der Waals surface area contributed by atoms with Gasteiger partial charge < -0.3 is 5.32 Å². The lowest BCUT2D eigenvalue weighted by molar-refractivity contribution is 0.879. The van der Waals surface area contributed by atoms with E-state index in [4.69, 9.17) is 0 Å². The van der Waals surface area contributed by atoms with Gasteiger partial charge in [0.2, 0.25) is 0 Å². The van der Waals surface area contributed by atoms with Crippen molar-refractivity contribution in [2.24, 2.45) is 0 Å². The summed E-state index contributed by atoms with van der Waals surface area (Å²) in [5, 5.41) is 3.22. The minimum atomic E-state index is 0.418. The smallest absolute Gasteiger partial charge is 0.144 e. The largest absolute Gasteiger partial charge is 0.367 e. The molecule has 3 nitrogen and oxygen atoms in total. The standard InChI is InChI=1S/C10H15N3/c1-7(2)13-10-6-11-9(5-12-10)8-3-4-8/h5-8H,3-4H2,1-2H3,(H,12,13). The van der Waals surface area contributed by atoms with E-state index in [0.717, 1.165) is 11.5 Å². The van der Waals surface area contributed by atoms with Crippen LogP contribution in [0, 0.1) is 0 Å². The van der Waals surface area contributed by atoms with Crippen molar-refractivity contribution in [3.05, 3.63) is 18.1 Å². The third kappa shape index (κ3) is 2.17. The molecule has 2 rings (SSSR count). The summed E-state index contributed by atoms with van der Waals surface area (Å²) in [5.41, 5.74) is 1.15. The average molecular weight is 177 g/mol. The molecule has 1 heterocycles. The van der Waals surface area contributed by atoms with Gasteiger partial charge in [0.05, 0.1) is 18.1 Å². The number of aromatic nitrogens is 2. The Morgan fingerprint density at radius 3 is 2.54 bits per heavy atom. The highest BCUT2D eigenvalue weighted by molar-refractivity contribution is 5.32. The normalized spacial score (nSPS) is 16.2. The molecule has 0 amide bonds. The number of rotatable bonds is 3. The Morgan fingerprint density at radius 1 is 1.31 bits per heavy atom. The number of anilines is 1. The summed E-state index contributed by atoms with van der Waals surface area (Å²) in [6, 6.07) is 0.418. The zero-order chi connectivity index (χ0) is 9.26. The highest BCUT2D eigenvalue weighted by Crippen LogP contribution is 2.38.